The molecular formula is C28H33N3O3. The number of hydrogen-bond acceptors (Lipinski definition) is 4. The van der Waals surface area contributed by atoms with Gasteiger partial charge in [0.05, 0.1) is 5.52 Å². The lowest BCUT2D eigenvalue weighted by Gasteiger charge is -2.34. The van der Waals surface area contributed by atoms with Crippen molar-refractivity contribution in [3.8, 4) is 16.9 Å². The highest BCUT2D eigenvalue weighted by atomic mass is 16.5. The van der Waals surface area contributed by atoms with Crippen LogP contribution in [0.2, 0.25) is 0 Å². The third-order valence-electron chi connectivity index (χ3n) is 6.54. The molecule has 2 aromatic carbocycles. The summed E-state index contributed by atoms with van der Waals surface area (Å²) in [7, 11) is 0. The Hall–Kier alpha value is -3.41. The van der Waals surface area contributed by atoms with Crippen molar-refractivity contribution in [3.05, 3.63) is 59.8 Å². The zero-order valence-corrected chi connectivity index (χ0v) is 20.4. The van der Waals surface area contributed by atoms with Crippen molar-refractivity contribution in [1.29, 1.82) is 0 Å². The molecule has 6 nitrogen and oxygen atoms in total. The van der Waals surface area contributed by atoms with Crippen LogP contribution in [0.3, 0.4) is 0 Å². The number of aromatic nitrogens is 1. The van der Waals surface area contributed by atoms with Crippen molar-refractivity contribution in [1.82, 2.24) is 15.2 Å². The van der Waals surface area contributed by atoms with Crippen molar-refractivity contribution < 1.29 is 14.3 Å². The fourth-order valence-corrected chi connectivity index (χ4v) is 4.80. The number of ether oxygens (including phenoxy) is 1. The van der Waals surface area contributed by atoms with E-state index in [2.05, 4.69) is 48.4 Å². The standard InChI is InChI=1S/C28H33N3O3/c1-5-26(32)30-21-10-7-15-31(17-21)28(33)20(4)34-22-11-12-23-24(13-14-29-25(23)16-22)27-18(2)8-6-9-19(27)3/h6,8-9,11-14,16,20-21H,5,7,10,15,17H2,1-4H3,(H,30,32)/t20?,21-/m0/s1. The highest BCUT2D eigenvalue weighted by molar-refractivity contribution is 5.96. The number of nitrogens with one attached hydrogen (secondary N) is 1. The Balaban J connectivity index is 1.50. The van der Waals surface area contributed by atoms with E-state index in [0.717, 1.165) is 29.3 Å². The van der Waals surface area contributed by atoms with Crippen molar-refractivity contribution in [2.45, 2.75) is 59.1 Å². The topological polar surface area (TPSA) is 71.5 Å². The van der Waals surface area contributed by atoms with Crippen LogP contribution in [-0.4, -0.2) is 46.9 Å². The van der Waals surface area contributed by atoms with Crippen molar-refractivity contribution in [2.24, 2.45) is 0 Å². The van der Waals surface area contributed by atoms with E-state index in [0.29, 0.717) is 25.3 Å². The number of carbonyl (C=O) groups is 2. The number of fused-ring (bicyclic) bond motifs is 1. The van der Waals surface area contributed by atoms with E-state index < -0.39 is 6.10 Å². The number of aryl methyl sites for hydroxylation is 2. The Morgan fingerprint density at radius 1 is 1.18 bits per heavy atom. The van der Waals surface area contributed by atoms with Gasteiger partial charge in [-0.05, 0) is 74.1 Å². The summed E-state index contributed by atoms with van der Waals surface area (Å²) in [6, 6.07) is 14.2. The molecule has 3 aromatic rings. The van der Waals surface area contributed by atoms with E-state index in [1.54, 1.807) is 11.8 Å². The number of nitrogens with zero attached hydrogens (tertiary/aromatic N) is 2. The van der Waals surface area contributed by atoms with Crippen molar-refractivity contribution >= 4 is 22.7 Å². The Bertz CT molecular complexity index is 1190. The van der Waals surface area contributed by atoms with Crippen LogP contribution in [0, 0.1) is 13.8 Å². The van der Waals surface area contributed by atoms with E-state index in [4.69, 9.17) is 4.74 Å². The first kappa shape index (κ1) is 23.7. The predicted molar refractivity (Wildman–Crippen MR) is 135 cm³/mol. The molecule has 34 heavy (non-hydrogen) atoms. The summed E-state index contributed by atoms with van der Waals surface area (Å²) in [4.78, 5) is 31.2. The van der Waals surface area contributed by atoms with Crippen LogP contribution in [0.1, 0.15) is 44.2 Å². The van der Waals surface area contributed by atoms with E-state index in [9.17, 15) is 9.59 Å². The lowest BCUT2D eigenvalue weighted by molar-refractivity contribution is -0.140. The van der Waals surface area contributed by atoms with Gasteiger partial charge >= 0.3 is 0 Å². The SMILES string of the molecule is CCC(=O)N[C@H]1CCCN(C(=O)C(C)Oc2ccc3c(-c4c(C)cccc4C)ccnc3c2)C1. The maximum absolute atomic E-state index is 13.1. The molecule has 1 unspecified atom stereocenters. The quantitative estimate of drug-likeness (QED) is 0.575. The molecule has 0 bridgehead atoms. The van der Waals surface area contributed by atoms with Gasteiger partial charge in [-0.3, -0.25) is 14.6 Å². The van der Waals surface area contributed by atoms with E-state index in [1.165, 1.54) is 16.7 Å². The largest absolute Gasteiger partial charge is 0.481 e. The number of pyridine rings is 1. The van der Waals surface area contributed by atoms with Gasteiger partial charge in [-0.2, -0.15) is 0 Å². The van der Waals surface area contributed by atoms with Gasteiger partial charge in [-0.15, -0.1) is 0 Å². The predicted octanol–water partition coefficient (Wildman–Crippen LogP) is 4.80. The molecule has 1 N–H and O–H groups in total. The summed E-state index contributed by atoms with van der Waals surface area (Å²) >= 11 is 0. The van der Waals surface area contributed by atoms with Gasteiger partial charge < -0.3 is 15.0 Å². The fourth-order valence-electron chi connectivity index (χ4n) is 4.80. The molecule has 1 aliphatic rings. The van der Waals surface area contributed by atoms with E-state index in [1.807, 2.05) is 31.3 Å². The molecule has 1 aliphatic heterocycles. The molecule has 0 spiro atoms. The number of likely N-dealkylation sites (tertiary alicyclic amines) is 1. The summed E-state index contributed by atoms with van der Waals surface area (Å²) in [5.41, 5.74) is 5.65. The minimum Gasteiger partial charge on any atom is -0.481 e. The third kappa shape index (κ3) is 5.06. The maximum atomic E-state index is 13.1. The summed E-state index contributed by atoms with van der Waals surface area (Å²) in [6.07, 6.45) is 3.41. The zero-order valence-electron chi connectivity index (χ0n) is 20.4. The van der Waals surface area contributed by atoms with Gasteiger partial charge in [0.1, 0.15) is 5.75 Å². The summed E-state index contributed by atoms with van der Waals surface area (Å²) in [5, 5.41) is 4.06. The molecule has 0 saturated carbocycles. The number of amides is 2. The first-order valence-corrected chi connectivity index (χ1v) is 12.1. The number of rotatable bonds is 6. The Labute approximate surface area is 201 Å². The van der Waals surface area contributed by atoms with Crippen LogP contribution in [0.25, 0.3) is 22.0 Å². The number of carbonyl (C=O) groups excluding carboxylic acids is 2. The number of piperidine rings is 1. The summed E-state index contributed by atoms with van der Waals surface area (Å²) in [6.45, 7) is 9.07. The van der Waals surface area contributed by atoms with Gasteiger partial charge in [-0.25, -0.2) is 0 Å². The molecule has 1 saturated heterocycles. The second-order valence-electron chi connectivity index (χ2n) is 9.11. The molecule has 1 aromatic heterocycles. The molecule has 2 heterocycles. The van der Waals surface area contributed by atoms with Crippen LogP contribution in [0.15, 0.2) is 48.7 Å². The average Bonchev–Trinajstić information content (AvgIpc) is 2.83. The van der Waals surface area contributed by atoms with Gasteiger partial charge in [0, 0.05) is 43.2 Å². The molecule has 6 heteroatoms. The van der Waals surface area contributed by atoms with Crippen molar-refractivity contribution in [2.75, 3.05) is 13.1 Å². The Morgan fingerprint density at radius 2 is 1.94 bits per heavy atom. The minimum atomic E-state index is -0.625. The lowest BCUT2D eigenvalue weighted by atomic mass is 9.93. The van der Waals surface area contributed by atoms with Gasteiger partial charge in [0.2, 0.25) is 5.91 Å². The maximum Gasteiger partial charge on any atom is 0.263 e. The Morgan fingerprint density at radius 3 is 2.68 bits per heavy atom. The molecular weight excluding hydrogens is 426 g/mol. The number of hydrogen-bond donors (Lipinski definition) is 1. The third-order valence-corrected chi connectivity index (χ3v) is 6.54. The molecule has 4 rings (SSSR count). The van der Waals surface area contributed by atoms with Crippen LogP contribution in [-0.2, 0) is 9.59 Å². The highest BCUT2D eigenvalue weighted by Gasteiger charge is 2.28. The highest BCUT2D eigenvalue weighted by Crippen LogP contribution is 2.34. The van der Waals surface area contributed by atoms with Crippen LogP contribution >= 0.6 is 0 Å². The molecule has 0 aliphatic carbocycles. The lowest BCUT2D eigenvalue weighted by Crippen LogP contribution is -2.52. The summed E-state index contributed by atoms with van der Waals surface area (Å²) < 4.78 is 6.05. The van der Waals surface area contributed by atoms with Gasteiger partial charge in [-0.1, -0.05) is 25.1 Å². The smallest absolute Gasteiger partial charge is 0.263 e. The average molecular weight is 460 g/mol. The van der Waals surface area contributed by atoms with E-state index in [-0.39, 0.29) is 17.9 Å². The van der Waals surface area contributed by atoms with Crippen molar-refractivity contribution in [3.63, 3.8) is 0 Å². The second-order valence-corrected chi connectivity index (χ2v) is 9.11. The van der Waals surface area contributed by atoms with Crippen LogP contribution in [0.4, 0.5) is 0 Å². The first-order valence-electron chi connectivity index (χ1n) is 12.1. The minimum absolute atomic E-state index is 0.00513. The number of benzene rings is 2. The molecule has 1 fully saturated rings. The molecule has 2 amide bonds. The van der Waals surface area contributed by atoms with Gasteiger partial charge in [0.25, 0.3) is 5.91 Å². The normalized spacial score (nSPS) is 16.8. The molecule has 178 valence electrons. The van der Waals surface area contributed by atoms with Crippen LogP contribution < -0.4 is 10.1 Å². The Kier molecular flexibility index (Phi) is 7.15. The first-order chi connectivity index (χ1) is 16.4. The van der Waals surface area contributed by atoms with Gasteiger partial charge in [0.15, 0.2) is 6.10 Å². The second kappa shape index (κ2) is 10.2. The zero-order chi connectivity index (χ0) is 24.2. The summed E-state index contributed by atoms with van der Waals surface area (Å²) in [5.74, 6) is 0.577. The fraction of sp³-hybridized carbons (Fsp3) is 0.393. The molecule has 2 atom stereocenters. The van der Waals surface area contributed by atoms with Crippen LogP contribution in [0.5, 0.6) is 5.75 Å². The molecule has 0 radical (unpaired) electrons. The monoisotopic (exact) mass is 459 g/mol. The van der Waals surface area contributed by atoms with E-state index >= 15 is 0 Å².